The number of benzene rings is 1. The van der Waals surface area contributed by atoms with Crippen molar-refractivity contribution in [3.05, 3.63) is 34.6 Å². The number of nitrogens with zero attached hydrogens (tertiary/aromatic N) is 2. The molecule has 0 bridgehead atoms. The van der Waals surface area contributed by atoms with E-state index in [1.165, 1.54) is 11.8 Å². The average Bonchev–Trinajstić information content (AvgIpc) is 2.62. The van der Waals surface area contributed by atoms with Crippen LogP contribution in [0.15, 0.2) is 34.2 Å². The first-order chi connectivity index (χ1) is 12.2. The van der Waals surface area contributed by atoms with Crippen molar-refractivity contribution in [3.63, 3.8) is 0 Å². The van der Waals surface area contributed by atoms with Crippen LogP contribution < -0.4 is 10.9 Å². The number of aromatic nitrogens is 2. The van der Waals surface area contributed by atoms with Crippen molar-refractivity contribution in [1.29, 1.82) is 0 Å². The predicted molar refractivity (Wildman–Crippen MR) is 101 cm³/mol. The minimum atomic E-state index is -0.0630. The number of ether oxygens (including phenoxy) is 1. The Morgan fingerprint density at radius 1 is 1.32 bits per heavy atom. The van der Waals surface area contributed by atoms with Crippen LogP contribution in [0.5, 0.6) is 0 Å². The first-order valence-electron chi connectivity index (χ1n) is 8.64. The molecule has 25 heavy (non-hydrogen) atoms. The number of carbonyl (C=O) groups excluding carboxylic acids is 1. The molecule has 0 saturated heterocycles. The number of hydrogen-bond acceptors (Lipinski definition) is 5. The van der Waals surface area contributed by atoms with Crippen LogP contribution in [0.25, 0.3) is 10.9 Å². The van der Waals surface area contributed by atoms with E-state index in [2.05, 4.69) is 10.3 Å². The molecule has 0 fully saturated rings. The Kier molecular flexibility index (Phi) is 7.94. The summed E-state index contributed by atoms with van der Waals surface area (Å²) in [5.41, 5.74) is 0.617. The first kappa shape index (κ1) is 19.5. The van der Waals surface area contributed by atoms with Gasteiger partial charge in [0.25, 0.3) is 5.56 Å². The first-order valence-corrected chi connectivity index (χ1v) is 9.62. The normalized spacial score (nSPS) is 11.0. The Morgan fingerprint density at radius 3 is 2.88 bits per heavy atom. The van der Waals surface area contributed by atoms with E-state index in [9.17, 15) is 9.59 Å². The summed E-state index contributed by atoms with van der Waals surface area (Å²) < 4.78 is 6.90. The van der Waals surface area contributed by atoms with E-state index in [-0.39, 0.29) is 17.2 Å². The van der Waals surface area contributed by atoms with Crippen molar-refractivity contribution in [3.8, 4) is 0 Å². The van der Waals surface area contributed by atoms with Gasteiger partial charge in [0, 0.05) is 26.3 Å². The van der Waals surface area contributed by atoms with E-state index < -0.39 is 0 Å². The minimum Gasteiger partial charge on any atom is -0.382 e. The van der Waals surface area contributed by atoms with Gasteiger partial charge in [0.05, 0.1) is 16.7 Å². The Labute approximate surface area is 152 Å². The Morgan fingerprint density at radius 2 is 2.12 bits per heavy atom. The highest BCUT2D eigenvalue weighted by atomic mass is 32.2. The summed E-state index contributed by atoms with van der Waals surface area (Å²) in [6, 6.07) is 7.31. The maximum atomic E-state index is 12.7. The highest BCUT2D eigenvalue weighted by Gasteiger charge is 2.12. The molecule has 0 aliphatic carbocycles. The van der Waals surface area contributed by atoms with E-state index in [4.69, 9.17) is 4.74 Å². The molecule has 6 nitrogen and oxygen atoms in total. The van der Waals surface area contributed by atoms with E-state index in [1.807, 2.05) is 32.0 Å². The molecule has 2 aromatic rings. The molecule has 7 heteroatoms. The van der Waals surface area contributed by atoms with Crippen molar-refractivity contribution in [1.82, 2.24) is 14.9 Å². The molecule has 0 unspecified atom stereocenters. The van der Waals surface area contributed by atoms with Crippen LogP contribution >= 0.6 is 11.8 Å². The molecule has 0 saturated carbocycles. The summed E-state index contributed by atoms with van der Waals surface area (Å²) in [5.74, 6) is 0.176. The maximum Gasteiger partial charge on any atom is 0.262 e. The molecule has 0 spiro atoms. The van der Waals surface area contributed by atoms with Gasteiger partial charge in [-0.15, -0.1) is 0 Å². The van der Waals surface area contributed by atoms with Gasteiger partial charge in [0.15, 0.2) is 5.16 Å². The standard InChI is InChI=1S/C18H25N3O3S/c1-3-11-21-17(23)14-8-5-6-9-15(14)20-18(21)25-13-16(22)19-10-7-12-24-4-2/h5-6,8-9H,3-4,7,10-13H2,1-2H3,(H,19,22). The lowest BCUT2D eigenvalue weighted by molar-refractivity contribution is -0.118. The molecule has 136 valence electrons. The summed E-state index contributed by atoms with van der Waals surface area (Å²) in [6.07, 6.45) is 1.62. The van der Waals surface area contributed by atoms with Gasteiger partial charge in [-0.25, -0.2) is 4.98 Å². The number of para-hydroxylation sites is 1. The molecule has 2 rings (SSSR count). The lowest BCUT2D eigenvalue weighted by atomic mass is 10.2. The summed E-state index contributed by atoms with van der Waals surface area (Å²) in [4.78, 5) is 29.2. The fourth-order valence-electron chi connectivity index (χ4n) is 2.41. The lowest BCUT2D eigenvalue weighted by Crippen LogP contribution is -2.28. The van der Waals surface area contributed by atoms with Crippen molar-refractivity contribution >= 4 is 28.6 Å². The van der Waals surface area contributed by atoms with Crippen LogP contribution in [0.3, 0.4) is 0 Å². The zero-order valence-electron chi connectivity index (χ0n) is 14.8. The molecule has 1 aromatic heterocycles. The number of fused-ring (bicyclic) bond motifs is 1. The van der Waals surface area contributed by atoms with Gasteiger partial charge in [-0.3, -0.25) is 14.2 Å². The van der Waals surface area contributed by atoms with Crippen LogP contribution in [-0.4, -0.2) is 41.0 Å². The topological polar surface area (TPSA) is 73.2 Å². The molecule has 1 N–H and O–H groups in total. The van der Waals surface area contributed by atoms with Crippen LogP contribution in [0.4, 0.5) is 0 Å². The van der Waals surface area contributed by atoms with Crippen molar-refractivity contribution in [2.75, 3.05) is 25.5 Å². The maximum absolute atomic E-state index is 12.7. The largest absolute Gasteiger partial charge is 0.382 e. The van der Waals surface area contributed by atoms with Crippen LogP contribution in [0.2, 0.25) is 0 Å². The number of carbonyl (C=O) groups is 1. The van der Waals surface area contributed by atoms with E-state index in [1.54, 1.807) is 10.6 Å². The van der Waals surface area contributed by atoms with Crippen LogP contribution in [0, 0.1) is 0 Å². The summed E-state index contributed by atoms with van der Waals surface area (Å²) in [7, 11) is 0. The summed E-state index contributed by atoms with van der Waals surface area (Å²) >= 11 is 1.30. The van der Waals surface area contributed by atoms with Gasteiger partial charge in [-0.05, 0) is 31.9 Å². The second-order valence-electron chi connectivity index (χ2n) is 5.56. The zero-order chi connectivity index (χ0) is 18.1. The Bertz CT molecular complexity index is 761. The number of hydrogen-bond donors (Lipinski definition) is 1. The second kappa shape index (κ2) is 10.2. The predicted octanol–water partition coefficient (Wildman–Crippen LogP) is 2.44. The van der Waals surface area contributed by atoms with Crippen molar-refractivity contribution < 1.29 is 9.53 Å². The highest BCUT2D eigenvalue weighted by molar-refractivity contribution is 7.99. The quantitative estimate of drug-likeness (QED) is 0.399. The SMILES string of the molecule is CCCn1c(SCC(=O)NCCCOCC)nc2ccccc2c1=O. The minimum absolute atomic E-state index is 0.0490. The number of nitrogens with one attached hydrogen (secondary N) is 1. The van der Waals surface area contributed by atoms with Gasteiger partial charge in [-0.1, -0.05) is 30.8 Å². The van der Waals surface area contributed by atoms with Gasteiger partial charge in [-0.2, -0.15) is 0 Å². The third kappa shape index (κ3) is 5.57. The van der Waals surface area contributed by atoms with E-state index >= 15 is 0 Å². The molecule has 1 amide bonds. The fraction of sp³-hybridized carbons (Fsp3) is 0.500. The number of thioether (sulfide) groups is 1. The molecule has 0 atom stereocenters. The van der Waals surface area contributed by atoms with E-state index in [0.29, 0.717) is 42.4 Å². The van der Waals surface area contributed by atoms with Gasteiger partial charge in [0.2, 0.25) is 5.91 Å². The monoisotopic (exact) mass is 363 g/mol. The second-order valence-corrected chi connectivity index (χ2v) is 6.50. The molecule has 0 radical (unpaired) electrons. The van der Waals surface area contributed by atoms with Gasteiger partial charge < -0.3 is 10.1 Å². The zero-order valence-corrected chi connectivity index (χ0v) is 15.6. The Balaban J connectivity index is 2.03. The van der Waals surface area contributed by atoms with Crippen LogP contribution in [-0.2, 0) is 16.1 Å². The van der Waals surface area contributed by atoms with Crippen molar-refractivity contribution in [2.24, 2.45) is 0 Å². The smallest absolute Gasteiger partial charge is 0.262 e. The summed E-state index contributed by atoms with van der Waals surface area (Å²) in [6.45, 7) is 6.47. The van der Waals surface area contributed by atoms with Crippen molar-refractivity contribution in [2.45, 2.75) is 38.4 Å². The fourth-order valence-corrected chi connectivity index (χ4v) is 3.26. The summed E-state index contributed by atoms with van der Waals surface area (Å²) in [5, 5.41) is 4.06. The average molecular weight is 363 g/mol. The molecular formula is C18H25N3O3S. The molecule has 1 heterocycles. The third-order valence-corrected chi connectivity index (χ3v) is 4.57. The number of amides is 1. The van der Waals surface area contributed by atoms with E-state index in [0.717, 1.165) is 12.8 Å². The number of rotatable bonds is 10. The molecule has 0 aliphatic rings. The van der Waals surface area contributed by atoms with Gasteiger partial charge >= 0.3 is 0 Å². The lowest BCUT2D eigenvalue weighted by Gasteiger charge is -2.12. The molecule has 1 aromatic carbocycles. The molecular weight excluding hydrogens is 338 g/mol. The molecule has 0 aliphatic heterocycles. The highest BCUT2D eigenvalue weighted by Crippen LogP contribution is 2.17. The third-order valence-electron chi connectivity index (χ3n) is 3.60. The van der Waals surface area contributed by atoms with Crippen LogP contribution in [0.1, 0.15) is 26.7 Å². The van der Waals surface area contributed by atoms with Gasteiger partial charge in [0.1, 0.15) is 0 Å². The Hall–Kier alpha value is -1.86.